The summed E-state index contributed by atoms with van der Waals surface area (Å²) in [5.74, 6) is -0.765. The third-order valence-electron chi connectivity index (χ3n) is 2.26. The van der Waals surface area contributed by atoms with Crippen molar-refractivity contribution in [2.75, 3.05) is 6.54 Å². The number of H-pyrrole nitrogens is 1. The molecule has 0 aromatic carbocycles. The van der Waals surface area contributed by atoms with Gasteiger partial charge in [-0.1, -0.05) is 0 Å². The van der Waals surface area contributed by atoms with Gasteiger partial charge in [0.2, 0.25) is 5.56 Å². The molecule has 0 aliphatic rings. The molecular formula is C11H13F3N2O2. The van der Waals surface area contributed by atoms with Gasteiger partial charge in [0, 0.05) is 18.3 Å². The molecular weight excluding hydrogens is 249 g/mol. The molecule has 7 heteroatoms. The van der Waals surface area contributed by atoms with Crippen LogP contribution in [0.5, 0.6) is 0 Å². The maximum Gasteiger partial charge on any atom is 0.406 e. The van der Waals surface area contributed by atoms with E-state index in [2.05, 4.69) is 4.98 Å². The molecule has 1 N–H and O–H groups in total. The molecule has 0 aliphatic carbocycles. The van der Waals surface area contributed by atoms with Crippen molar-refractivity contribution < 1.29 is 18.0 Å². The van der Waals surface area contributed by atoms with Crippen LogP contribution in [0, 0.1) is 0 Å². The van der Waals surface area contributed by atoms with Crippen molar-refractivity contribution in [1.29, 1.82) is 0 Å². The molecule has 1 amide bonds. The summed E-state index contributed by atoms with van der Waals surface area (Å²) in [6.45, 7) is 1.67. The molecule has 0 spiro atoms. The molecule has 0 aliphatic heterocycles. The van der Waals surface area contributed by atoms with E-state index < -0.39 is 30.2 Å². The van der Waals surface area contributed by atoms with Gasteiger partial charge in [-0.3, -0.25) is 9.59 Å². The summed E-state index contributed by atoms with van der Waals surface area (Å²) in [6.07, 6.45) is -3.35. The Morgan fingerprint density at radius 1 is 1.39 bits per heavy atom. The lowest BCUT2D eigenvalue weighted by molar-refractivity contribution is -0.143. The van der Waals surface area contributed by atoms with Crippen molar-refractivity contribution in [3.05, 3.63) is 34.2 Å². The first kappa shape index (κ1) is 14.3. The predicted octanol–water partition coefficient (Wildman–Crippen LogP) is 1.79. The Kier molecular flexibility index (Phi) is 4.15. The van der Waals surface area contributed by atoms with Crippen molar-refractivity contribution in [3.63, 3.8) is 0 Å². The highest BCUT2D eigenvalue weighted by Gasteiger charge is 2.34. The van der Waals surface area contributed by atoms with Crippen LogP contribution in [0.25, 0.3) is 0 Å². The smallest absolute Gasteiger partial charge is 0.328 e. The number of hydrogen-bond acceptors (Lipinski definition) is 2. The highest BCUT2D eigenvalue weighted by molar-refractivity contribution is 5.94. The van der Waals surface area contributed by atoms with E-state index in [1.165, 1.54) is 19.9 Å². The molecule has 0 unspecified atom stereocenters. The maximum atomic E-state index is 12.4. The number of aromatic amines is 1. The largest absolute Gasteiger partial charge is 0.406 e. The fourth-order valence-corrected chi connectivity index (χ4v) is 1.39. The number of rotatable bonds is 3. The quantitative estimate of drug-likeness (QED) is 0.902. The van der Waals surface area contributed by atoms with E-state index in [9.17, 15) is 22.8 Å². The van der Waals surface area contributed by atoms with Crippen LogP contribution < -0.4 is 5.56 Å². The molecule has 1 heterocycles. The molecule has 1 aromatic rings. The number of alkyl halides is 3. The van der Waals surface area contributed by atoms with Crippen molar-refractivity contribution in [1.82, 2.24) is 9.88 Å². The molecule has 0 saturated heterocycles. The maximum absolute atomic E-state index is 12.4. The standard InChI is InChI=1S/C11H13F3N2O2/c1-7(2)16(6-11(12,13)14)10(18)8-3-4-9(17)15-5-8/h3-5,7H,6H2,1-2H3,(H,15,17). The summed E-state index contributed by atoms with van der Waals surface area (Å²) in [6, 6.07) is 1.71. The summed E-state index contributed by atoms with van der Waals surface area (Å²) in [5, 5.41) is 0. The van der Waals surface area contributed by atoms with Crippen LogP contribution in [0.15, 0.2) is 23.1 Å². The second kappa shape index (κ2) is 5.24. The average Bonchev–Trinajstić information content (AvgIpc) is 2.24. The van der Waals surface area contributed by atoms with E-state index in [0.29, 0.717) is 4.90 Å². The molecule has 0 bridgehead atoms. The van der Waals surface area contributed by atoms with E-state index in [1.54, 1.807) is 0 Å². The lowest BCUT2D eigenvalue weighted by atomic mass is 10.2. The monoisotopic (exact) mass is 262 g/mol. The van der Waals surface area contributed by atoms with Crippen molar-refractivity contribution >= 4 is 5.91 Å². The minimum atomic E-state index is -4.46. The Morgan fingerprint density at radius 2 is 2.00 bits per heavy atom. The van der Waals surface area contributed by atoms with E-state index in [1.807, 2.05) is 0 Å². The van der Waals surface area contributed by atoms with E-state index in [-0.39, 0.29) is 5.56 Å². The number of nitrogens with zero attached hydrogens (tertiary/aromatic N) is 1. The van der Waals surface area contributed by atoms with Crippen LogP contribution in [0.1, 0.15) is 24.2 Å². The molecule has 18 heavy (non-hydrogen) atoms. The number of aromatic nitrogens is 1. The average molecular weight is 262 g/mol. The van der Waals surface area contributed by atoms with Gasteiger partial charge in [-0.15, -0.1) is 0 Å². The lowest BCUT2D eigenvalue weighted by Gasteiger charge is -2.27. The number of halogens is 3. The van der Waals surface area contributed by atoms with Crippen molar-refractivity contribution in [2.24, 2.45) is 0 Å². The number of carbonyl (C=O) groups excluding carboxylic acids is 1. The van der Waals surface area contributed by atoms with E-state index in [0.717, 1.165) is 12.3 Å². The van der Waals surface area contributed by atoms with Gasteiger partial charge in [0.25, 0.3) is 5.91 Å². The molecule has 100 valence electrons. The number of nitrogens with one attached hydrogen (secondary N) is 1. The molecule has 4 nitrogen and oxygen atoms in total. The third-order valence-corrected chi connectivity index (χ3v) is 2.26. The predicted molar refractivity (Wildman–Crippen MR) is 59.3 cm³/mol. The van der Waals surface area contributed by atoms with Crippen LogP contribution in [-0.2, 0) is 0 Å². The summed E-state index contributed by atoms with van der Waals surface area (Å²) >= 11 is 0. The Morgan fingerprint density at radius 3 is 2.39 bits per heavy atom. The molecule has 0 radical (unpaired) electrons. The van der Waals surface area contributed by atoms with Gasteiger partial charge in [-0.05, 0) is 19.9 Å². The molecule has 0 fully saturated rings. The first-order chi connectivity index (χ1) is 8.20. The number of carbonyl (C=O) groups is 1. The zero-order chi connectivity index (χ0) is 13.9. The second-order valence-electron chi connectivity index (χ2n) is 4.08. The van der Waals surface area contributed by atoms with Gasteiger partial charge in [-0.25, -0.2) is 0 Å². The van der Waals surface area contributed by atoms with Gasteiger partial charge >= 0.3 is 6.18 Å². The fourth-order valence-electron chi connectivity index (χ4n) is 1.39. The van der Waals surface area contributed by atoms with Crippen LogP contribution >= 0.6 is 0 Å². The molecule has 0 saturated carbocycles. The van der Waals surface area contributed by atoms with Crippen LogP contribution in [0.2, 0.25) is 0 Å². The molecule has 1 rings (SSSR count). The highest BCUT2D eigenvalue weighted by Crippen LogP contribution is 2.19. The highest BCUT2D eigenvalue weighted by atomic mass is 19.4. The van der Waals surface area contributed by atoms with E-state index in [4.69, 9.17) is 0 Å². The van der Waals surface area contributed by atoms with Crippen LogP contribution in [0.3, 0.4) is 0 Å². The van der Waals surface area contributed by atoms with Crippen molar-refractivity contribution in [2.45, 2.75) is 26.1 Å². The zero-order valence-corrected chi connectivity index (χ0v) is 9.91. The van der Waals surface area contributed by atoms with Crippen molar-refractivity contribution in [3.8, 4) is 0 Å². The van der Waals surface area contributed by atoms with E-state index >= 15 is 0 Å². The first-order valence-electron chi connectivity index (χ1n) is 5.27. The number of hydrogen-bond donors (Lipinski definition) is 1. The normalized spacial score (nSPS) is 11.7. The van der Waals surface area contributed by atoms with Crippen LogP contribution in [0.4, 0.5) is 13.2 Å². The summed E-state index contributed by atoms with van der Waals surface area (Å²) in [5.41, 5.74) is -0.397. The summed E-state index contributed by atoms with van der Waals surface area (Å²) in [4.78, 5) is 25.7. The van der Waals surface area contributed by atoms with Gasteiger partial charge in [-0.2, -0.15) is 13.2 Å². The van der Waals surface area contributed by atoms with Gasteiger partial charge in [0.15, 0.2) is 0 Å². The Bertz CT molecular complexity index is 459. The Hall–Kier alpha value is -1.79. The molecule has 1 aromatic heterocycles. The molecule has 0 atom stereocenters. The summed E-state index contributed by atoms with van der Waals surface area (Å²) in [7, 11) is 0. The van der Waals surface area contributed by atoms with Gasteiger partial charge in [0.1, 0.15) is 6.54 Å². The second-order valence-corrected chi connectivity index (χ2v) is 4.08. The third kappa shape index (κ3) is 3.90. The fraction of sp³-hybridized carbons (Fsp3) is 0.455. The Balaban J connectivity index is 2.96. The zero-order valence-electron chi connectivity index (χ0n) is 9.91. The topological polar surface area (TPSA) is 53.2 Å². The minimum absolute atomic E-state index is 0.0209. The van der Waals surface area contributed by atoms with Gasteiger partial charge in [0.05, 0.1) is 5.56 Å². The Labute approximate surface area is 101 Å². The lowest BCUT2D eigenvalue weighted by Crippen LogP contribution is -2.43. The minimum Gasteiger partial charge on any atom is -0.328 e. The summed E-state index contributed by atoms with van der Waals surface area (Å²) < 4.78 is 37.1. The van der Waals surface area contributed by atoms with Crippen LogP contribution in [-0.4, -0.2) is 34.6 Å². The first-order valence-corrected chi connectivity index (χ1v) is 5.27. The van der Waals surface area contributed by atoms with Gasteiger partial charge < -0.3 is 9.88 Å². The number of amides is 1. The number of pyridine rings is 1. The SMILES string of the molecule is CC(C)N(CC(F)(F)F)C(=O)c1ccc(=O)[nH]c1.